The SMILES string of the molecule is O=C(C[C@@H]1CCNC[C@H]1Cc1cc(CN2CCCCC2)on1)N1CCCCC1. The van der Waals surface area contributed by atoms with Gasteiger partial charge in [-0.25, -0.2) is 0 Å². The molecule has 6 nitrogen and oxygen atoms in total. The highest BCUT2D eigenvalue weighted by atomic mass is 16.5. The lowest BCUT2D eigenvalue weighted by molar-refractivity contribution is -0.133. The molecule has 2 atom stereocenters. The molecule has 1 aromatic rings. The van der Waals surface area contributed by atoms with Gasteiger partial charge in [0.25, 0.3) is 0 Å². The molecule has 3 saturated heterocycles. The summed E-state index contributed by atoms with van der Waals surface area (Å²) in [6, 6.07) is 2.15. The van der Waals surface area contributed by atoms with Crippen LogP contribution in [0.2, 0.25) is 0 Å². The van der Waals surface area contributed by atoms with E-state index in [1.54, 1.807) is 0 Å². The number of piperidine rings is 3. The second-order valence-corrected chi connectivity index (χ2v) is 8.98. The van der Waals surface area contributed by atoms with Crippen LogP contribution < -0.4 is 5.32 Å². The van der Waals surface area contributed by atoms with Gasteiger partial charge in [0.05, 0.1) is 12.2 Å². The third-order valence-corrected chi connectivity index (χ3v) is 6.82. The summed E-state index contributed by atoms with van der Waals surface area (Å²) in [5, 5.41) is 7.87. The number of aromatic nitrogens is 1. The zero-order valence-electron chi connectivity index (χ0n) is 17.2. The zero-order chi connectivity index (χ0) is 19.2. The Bertz CT molecular complexity index is 620. The fourth-order valence-corrected chi connectivity index (χ4v) is 5.11. The molecule has 3 aliphatic rings. The van der Waals surface area contributed by atoms with Crippen LogP contribution in [0.25, 0.3) is 0 Å². The van der Waals surface area contributed by atoms with E-state index in [1.165, 1.54) is 51.6 Å². The van der Waals surface area contributed by atoms with Crippen molar-refractivity contribution in [3.05, 3.63) is 17.5 Å². The van der Waals surface area contributed by atoms with Gasteiger partial charge in [0.2, 0.25) is 5.91 Å². The van der Waals surface area contributed by atoms with E-state index in [2.05, 4.69) is 26.3 Å². The Kier molecular flexibility index (Phi) is 7.02. The van der Waals surface area contributed by atoms with E-state index in [4.69, 9.17) is 4.52 Å². The molecule has 0 unspecified atom stereocenters. The predicted molar refractivity (Wildman–Crippen MR) is 109 cm³/mol. The van der Waals surface area contributed by atoms with Crippen molar-refractivity contribution in [1.29, 1.82) is 0 Å². The summed E-state index contributed by atoms with van der Waals surface area (Å²) in [7, 11) is 0. The van der Waals surface area contributed by atoms with Crippen LogP contribution in [0.15, 0.2) is 10.6 Å². The van der Waals surface area contributed by atoms with E-state index in [1.807, 2.05) is 0 Å². The average Bonchev–Trinajstić information content (AvgIpc) is 3.17. The third kappa shape index (κ3) is 5.35. The standard InChI is InChI=1S/C22H36N4O2/c27-22(26-11-5-2-6-12-26)14-18-7-8-23-16-19(18)13-20-15-21(28-24-20)17-25-9-3-1-4-10-25/h15,18-19,23H,1-14,16-17H2/t18-,19+/m0/s1. The van der Waals surface area contributed by atoms with Gasteiger partial charge in [-0.05, 0) is 83.0 Å². The van der Waals surface area contributed by atoms with Crippen molar-refractivity contribution in [2.75, 3.05) is 39.3 Å². The van der Waals surface area contributed by atoms with E-state index in [9.17, 15) is 4.79 Å². The van der Waals surface area contributed by atoms with Crippen molar-refractivity contribution in [2.45, 2.75) is 64.3 Å². The maximum atomic E-state index is 12.8. The normalized spacial score (nSPS) is 27.1. The number of carbonyl (C=O) groups is 1. The van der Waals surface area contributed by atoms with Crippen LogP contribution in [0, 0.1) is 11.8 Å². The van der Waals surface area contributed by atoms with Crippen LogP contribution in [-0.2, 0) is 17.8 Å². The lowest BCUT2D eigenvalue weighted by atomic mass is 9.81. The van der Waals surface area contributed by atoms with Crippen LogP contribution in [-0.4, -0.2) is 60.1 Å². The molecule has 1 aromatic heterocycles. The van der Waals surface area contributed by atoms with Gasteiger partial charge < -0.3 is 14.7 Å². The molecule has 0 aliphatic carbocycles. The lowest BCUT2D eigenvalue weighted by Crippen LogP contribution is -2.42. The minimum absolute atomic E-state index is 0.363. The molecule has 0 radical (unpaired) electrons. The van der Waals surface area contributed by atoms with Gasteiger partial charge in [-0.15, -0.1) is 0 Å². The Labute approximate surface area is 169 Å². The topological polar surface area (TPSA) is 61.6 Å². The lowest BCUT2D eigenvalue weighted by Gasteiger charge is -2.34. The molecule has 0 aromatic carbocycles. The Morgan fingerprint density at radius 1 is 1.07 bits per heavy atom. The first kappa shape index (κ1) is 19.9. The second-order valence-electron chi connectivity index (χ2n) is 8.98. The van der Waals surface area contributed by atoms with E-state index in [-0.39, 0.29) is 0 Å². The molecular formula is C22H36N4O2. The van der Waals surface area contributed by atoms with Crippen LogP contribution in [0.3, 0.4) is 0 Å². The van der Waals surface area contributed by atoms with Crippen LogP contribution in [0.1, 0.15) is 62.8 Å². The summed E-state index contributed by atoms with van der Waals surface area (Å²) in [6.45, 7) is 7.13. The number of carbonyl (C=O) groups excluding carboxylic acids is 1. The van der Waals surface area contributed by atoms with Gasteiger partial charge in [-0.3, -0.25) is 9.69 Å². The van der Waals surface area contributed by atoms with Crippen molar-refractivity contribution in [3.8, 4) is 0 Å². The molecule has 6 heteroatoms. The number of rotatable bonds is 6. The number of likely N-dealkylation sites (tertiary alicyclic amines) is 2. The van der Waals surface area contributed by atoms with Crippen molar-refractivity contribution in [1.82, 2.24) is 20.3 Å². The number of amides is 1. The Morgan fingerprint density at radius 2 is 1.82 bits per heavy atom. The van der Waals surface area contributed by atoms with Gasteiger partial charge >= 0.3 is 0 Å². The van der Waals surface area contributed by atoms with Crippen molar-refractivity contribution >= 4 is 5.91 Å². The monoisotopic (exact) mass is 388 g/mol. The van der Waals surface area contributed by atoms with Crippen LogP contribution >= 0.6 is 0 Å². The second kappa shape index (κ2) is 9.88. The number of nitrogens with one attached hydrogen (secondary N) is 1. The van der Waals surface area contributed by atoms with Crippen molar-refractivity contribution in [2.24, 2.45) is 11.8 Å². The largest absolute Gasteiger partial charge is 0.360 e. The summed E-state index contributed by atoms with van der Waals surface area (Å²) < 4.78 is 5.63. The molecule has 1 N–H and O–H groups in total. The smallest absolute Gasteiger partial charge is 0.222 e. The number of nitrogens with zero attached hydrogens (tertiary/aromatic N) is 3. The van der Waals surface area contributed by atoms with Crippen LogP contribution in [0.5, 0.6) is 0 Å². The van der Waals surface area contributed by atoms with E-state index >= 15 is 0 Å². The third-order valence-electron chi connectivity index (χ3n) is 6.82. The molecule has 156 valence electrons. The maximum Gasteiger partial charge on any atom is 0.222 e. The quantitative estimate of drug-likeness (QED) is 0.812. The Balaban J connectivity index is 1.31. The number of hydrogen-bond acceptors (Lipinski definition) is 5. The first-order valence-corrected chi connectivity index (χ1v) is 11.4. The summed E-state index contributed by atoms with van der Waals surface area (Å²) in [5.74, 6) is 2.28. The summed E-state index contributed by atoms with van der Waals surface area (Å²) >= 11 is 0. The molecule has 4 rings (SSSR count). The van der Waals surface area contributed by atoms with E-state index in [0.29, 0.717) is 24.2 Å². The summed E-state index contributed by atoms with van der Waals surface area (Å²) in [4.78, 5) is 17.3. The average molecular weight is 389 g/mol. The molecule has 4 heterocycles. The highest BCUT2D eigenvalue weighted by Crippen LogP contribution is 2.28. The molecule has 0 bridgehead atoms. The summed E-state index contributed by atoms with van der Waals surface area (Å²) in [6.07, 6.45) is 10.2. The predicted octanol–water partition coefficient (Wildman–Crippen LogP) is 2.83. The van der Waals surface area contributed by atoms with Gasteiger partial charge in [-0.1, -0.05) is 11.6 Å². The van der Waals surface area contributed by atoms with E-state index < -0.39 is 0 Å². The molecule has 0 spiro atoms. The van der Waals surface area contributed by atoms with Crippen molar-refractivity contribution < 1.29 is 9.32 Å². The molecule has 1 amide bonds. The minimum Gasteiger partial charge on any atom is -0.360 e. The van der Waals surface area contributed by atoms with Gasteiger partial charge in [0.1, 0.15) is 0 Å². The molecule has 28 heavy (non-hydrogen) atoms. The summed E-state index contributed by atoms with van der Waals surface area (Å²) in [5.41, 5.74) is 1.05. The highest BCUT2D eigenvalue weighted by Gasteiger charge is 2.30. The van der Waals surface area contributed by atoms with Gasteiger partial charge in [0, 0.05) is 25.6 Å². The van der Waals surface area contributed by atoms with Gasteiger partial charge in [0.15, 0.2) is 5.76 Å². The Morgan fingerprint density at radius 3 is 2.61 bits per heavy atom. The van der Waals surface area contributed by atoms with Gasteiger partial charge in [-0.2, -0.15) is 0 Å². The fraction of sp³-hybridized carbons (Fsp3) is 0.818. The number of hydrogen-bond donors (Lipinski definition) is 1. The molecule has 3 fully saturated rings. The maximum absolute atomic E-state index is 12.8. The fourth-order valence-electron chi connectivity index (χ4n) is 5.11. The highest BCUT2D eigenvalue weighted by molar-refractivity contribution is 5.76. The zero-order valence-corrected chi connectivity index (χ0v) is 17.2. The molecular weight excluding hydrogens is 352 g/mol. The van der Waals surface area contributed by atoms with E-state index in [0.717, 1.165) is 57.0 Å². The first-order chi connectivity index (χ1) is 13.8. The Hall–Kier alpha value is -1.40. The van der Waals surface area contributed by atoms with Crippen molar-refractivity contribution in [3.63, 3.8) is 0 Å². The first-order valence-electron chi connectivity index (χ1n) is 11.4. The molecule has 3 aliphatic heterocycles. The van der Waals surface area contributed by atoms with Crippen LogP contribution in [0.4, 0.5) is 0 Å². The minimum atomic E-state index is 0.363. The molecule has 0 saturated carbocycles.